The standard InChI is InChI=1S/C24H16F6NO6PS2/c1-31(2)38-36-21-17(39(32,33)23(25,26)27)11-13-7-3-5-9-15(13)19(21)20-16-10-6-4-8-14(16)12-18(22(20)37-38)40(34,35)24(28,29)30/h3-12H,1-2H3. The van der Waals surface area contributed by atoms with E-state index in [9.17, 15) is 43.2 Å². The second-order valence-electron chi connectivity index (χ2n) is 8.77. The Morgan fingerprint density at radius 3 is 1.32 bits per heavy atom. The Kier molecular flexibility index (Phi) is 6.45. The van der Waals surface area contributed by atoms with Gasteiger partial charge in [-0.3, -0.25) is 0 Å². The van der Waals surface area contributed by atoms with Crippen LogP contribution in [0.1, 0.15) is 0 Å². The van der Waals surface area contributed by atoms with Gasteiger partial charge in [-0.15, -0.1) is 0 Å². The van der Waals surface area contributed by atoms with Gasteiger partial charge in [0, 0.05) is 24.9 Å². The SMILES string of the molecule is CN(C)p1oc2c(S(=O)(=O)C(F)(F)F)cc3ccccc3c2c2c(o1)c(S(=O)(=O)C(F)(F)F)cc1ccccc12. The van der Waals surface area contributed by atoms with Crippen molar-refractivity contribution in [1.29, 1.82) is 0 Å². The molecule has 1 aromatic heterocycles. The molecule has 212 valence electrons. The molecule has 0 atom stereocenters. The highest BCUT2D eigenvalue weighted by atomic mass is 32.2. The van der Waals surface area contributed by atoms with Crippen LogP contribution in [-0.2, 0) is 19.7 Å². The fourth-order valence-electron chi connectivity index (χ4n) is 4.27. The number of benzene rings is 4. The van der Waals surface area contributed by atoms with Gasteiger partial charge in [-0.25, -0.2) is 21.5 Å². The zero-order valence-electron chi connectivity index (χ0n) is 20.2. The average Bonchev–Trinajstić information content (AvgIpc) is 3.04. The molecule has 0 aliphatic heterocycles. The van der Waals surface area contributed by atoms with Gasteiger partial charge in [-0.1, -0.05) is 48.5 Å². The van der Waals surface area contributed by atoms with Gasteiger partial charge in [0.25, 0.3) is 19.7 Å². The Hall–Kier alpha value is -3.26. The first kappa shape index (κ1) is 28.3. The number of halogens is 6. The molecule has 1 heterocycles. The van der Waals surface area contributed by atoms with Gasteiger partial charge in [0.1, 0.15) is 9.79 Å². The summed E-state index contributed by atoms with van der Waals surface area (Å²) in [7, 11) is -12.2. The predicted molar refractivity (Wildman–Crippen MR) is 138 cm³/mol. The van der Waals surface area contributed by atoms with Gasteiger partial charge in [0.05, 0.1) is 0 Å². The molecule has 0 unspecified atom stereocenters. The first-order valence-electron chi connectivity index (χ1n) is 11.0. The predicted octanol–water partition coefficient (Wildman–Crippen LogP) is 7.38. The van der Waals surface area contributed by atoms with Gasteiger partial charge < -0.3 is 8.39 Å². The second-order valence-corrected chi connectivity index (χ2v) is 14.2. The van der Waals surface area contributed by atoms with E-state index in [4.69, 9.17) is 8.39 Å². The number of sulfone groups is 2. The Bertz CT molecular complexity index is 1960. The van der Waals surface area contributed by atoms with Crippen LogP contribution in [0.3, 0.4) is 0 Å². The normalized spacial score (nSPS) is 13.6. The molecule has 7 nitrogen and oxygen atoms in total. The molecule has 0 fully saturated rings. The molecule has 0 saturated heterocycles. The van der Waals surface area contributed by atoms with E-state index >= 15 is 0 Å². The third-order valence-electron chi connectivity index (χ3n) is 6.04. The number of nitrogens with zero attached hydrogens (tertiary/aromatic N) is 1. The number of alkyl halides is 6. The summed E-state index contributed by atoms with van der Waals surface area (Å²) in [6.07, 6.45) is 0. The third-order valence-corrected chi connectivity index (χ3v) is 10.4. The Balaban J connectivity index is 2.27. The summed E-state index contributed by atoms with van der Waals surface area (Å²) in [5.74, 6) is 0. The fourth-order valence-corrected chi connectivity index (χ4v) is 7.29. The molecule has 0 saturated carbocycles. The lowest BCUT2D eigenvalue weighted by Crippen LogP contribution is -2.23. The molecule has 0 aliphatic carbocycles. The Morgan fingerprint density at radius 2 is 1.00 bits per heavy atom. The second kappa shape index (κ2) is 9.13. The number of hydrogen-bond acceptors (Lipinski definition) is 7. The van der Waals surface area contributed by atoms with E-state index in [1.807, 2.05) is 0 Å². The molecule has 0 N–H and O–H groups in total. The van der Waals surface area contributed by atoms with Crippen LogP contribution in [0.2, 0.25) is 0 Å². The summed E-state index contributed by atoms with van der Waals surface area (Å²) in [5.41, 5.74) is -13.2. The average molecular weight is 623 g/mol. The van der Waals surface area contributed by atoms with E-state index in [1.54, 1.807) is 0 Å². The van der Waals surface area contributed by atoms with Crippen molar-refractivity contribution in [3.8, 4) is 0 Å². The summed E-state index contributed by atoms with van der Waals surface area (Å²) in [4.78, 5) is -2.60. The highest BCUT2D eigenvalue weighted by Gasteiger charge is 2.50. The maximum absolute atomic E-state index is 13.9. The van der Waals surface area contributed by atoms with Crippen LogP contribution >= 0.6 is 8.16 Å². The topological polar surface area (TPSA) is 97.8 Å². The maximum atomic E-state index is 13.9. The number of rotatable bonds is 3. The Morgan fingerprint density at radius 1 is 0.650 bits per heavy atom. The molecule has 0 aliphatic rings. The number of fused-ring (bicyclic) bond motifs is 7. The third kappa shape index (κ3) is 4.23. The summed E-state index contributed by atoms with van der Waals surface area (Å²) in [5, 5.41) is -0.598. The molecule has 5 aromatic rings. The van der Waals surface area contributed by atoms with Gasteiger partial charge in [0.15, 0.2) is 11.2 Å². The van der Waals surface area contributed by atoms with Gasteiger partial charge in [-0.2, -0.15) is 26.3 Å². The Labute approximate surface area is 223 Å². The van der Waals surface area contributed by atoms with Crippen LogP contribution < -0.4 is 4.67 Å². The minimum atomic E-state index is -6.08. The van der Waals surface area contributed by atoms with E-state index in [0.717, 1.165) is 16.8 Å². The van der Waals surface area contributed by atoms with Gasteiger partial charge in [-0.05, 0) is 33.7 Å². The first-order valence-corrected chi connectivity index (χ1v) is 15.1. The van der Waals surface area contributed by atoms with Crippen LogP contribution in [0.25, 0.3) is 43.5 Å². The zero-order valence-corrected chi connectivity index (χ0v) is 22.7. The van der Waals surface area contributed by atoms with Crippen molar-refractivity contribution >= 4 is 71.3 Å². The summed E-state index contributed by atoms with van der Waals surface area (Å²) in [6.45, 7) is 0. The quantitative estimate of drug-likeness (QED) is 0.194. The highest BCUT2D eigenvalue weighted by Crippen LogP contribution is 2.48. The molecule has 0 spiro atoms. The largest absolute Gasteiger partial charge is 0.502 e. The summed E-state index contributed by atoms with van der Waals surface area (Å²) >= 11 is 0. The smallest absolute Gasteiger partial charge is 0.406 e. The lowest BCUT2D eigenvalue weighted by molar-refractivity contribution is -0.0441. The van der Waals surface area contributed by atoms with Crippen molar-refractivity contribution in [3.63, 3.8) is 0 Å². The monoisotopic (exact) mass is 623 g/mol. The van der Waals surface area contributed by atoms with Crippen molar-refractivity contribution in [1.82, 2.24) is 0 Å². The number of hydrogen-bond donors (Lipinski definition) is 0. The van der Waals surface area contributed by atoms with Crippen LogP contribution in [-0.4, -0.2) is 41.9 Å². The van der Waals surface area contributed by atoms with Crippen molar-refractivity contribution < 1.29 is 51.6 Å². The van der Waals surface area contributed by atoms with Crippen molar-refractivity contribution in [3.05, 3.63) is 60.7 Å². The van der Waals surface area contributed by atoms with E-state index in [-0.39, 0.29) is 32.3 Å². The molecule has 4 aromatic carbocycles. The van der Waals surface area contributed by atoms with Crippen molar-refractivity contribution in [2.75, 3.05) is 18.8 Å². The molecule has 16 heteroatoms. The molecule has 0 amide bonds. The van der Waals surface area contributed by atoms with Crippen LogP contribution in [0.4, 0.5) is 26.3 Å². The van der Waals surface area contributed by atoms with Gasteiger partial charge in [0.2, 0.25) is 0 Å². The van der Waals surface area contributed by atoms with Crippen molar-refractivity contribution in [2.45, 2.75) is 20.8 Å². The molecule has 40 heavy (non-hydrogen) atoms. The van der Waals surface area contributed by atoms with Gasteiger partial charge >= 0.3 is 19.2 Å². The van der Waals surface area contributed by atoms with E-state index in [0.29, 0.717) is 0 Å². The summed E-state index contributed by atoms with van der Waals surface area (Å²) in [6, 6.07) is 12.7. The fraction of sp³-hybridized carbons (Fsp3) is 0.167. The zero-order chi connectivity index (χ0) is 29.4. The van der Waals surface area contributed by atoms with Crippen LogP contribution in [0.5, 0.6) is 0 Å². The molecule has 5 rings (SSSR count). The van der Waals surface area contributed by atoms with Crippen LogP contribution in [0.15, 0.2) is 78.8 Å². The van der Waals surface area contributed by atoms with E-state index in [2.05, 4.69) is 0 Å². The summed E-state index contributed by atoms with van der Waals surface area (Å²) < 4.78 is 147. The van der Waals surface area contributed by atoms with Crippen LogP contribution in [0, 0.1) is 0 Å². The minimum Gasteiger partial charge on any atom is -0.406 e. The molecular weight excluding hydrogens is 607 g/mol. The minimum absolute atomic E-state index is 0.0251. The van der Waals surface area contributed by atoms with E-state index < -0.39 is 59.8 Å². The molecular formula is C24H16F6NO6PS2. The highest BCUT2D eigenvalue weighted by molar-refractivity contribution is 7.92. The molecule has 0 bridgehead atoms. The molecule has 0 radical (unpaired) electrons. The van der Waals surface area contributed by atoms with Crippen molar-refractivity contribution in [2.24, 2.45) is 0 Å². The maximum Gasteiger partial charge on any atom is 0.502 e. The lowest BCUT2D eigenvalue weighted by atomic mass is 9.98. The lowest BCUT2D eigenvalue weighted by Gasteiger charge is -2.13. The first-order chi connectivity index (χ1) is 18.5. The van der Waals surface area contributed by atoms with E-state index in [1.165, 1.54) is 62.6 Å².